The van der Waals surface area contributed by atoms with Gasteiger partial charge in [-0.05, 0) is 42.6 Å². The molecule has 1 aliphatic heterocycles. The molecule has 0 radical (unpaired) electrons. The van der Waals surface area contributed by atoms with Crippen LogP contribution in [0, 0.1) is 11.6 Å². The summed E-state index contributed by atoms with van der Waals surface area (Å²) >= 11 is 1.27. The molecular weight excluding hydrogens is 424 g/mol. The van der Waals surface area contributed by atoms with Crippen LogP contribution in [0.25, 0.3) is 5.76 Å². The SMILES string of the molecule is CCOc1cccc(/C(O)=C2/C(=O)C(=O)N(c3ccc(F)c(F)c3)C2c2cccs2)c1. The van der Waals surface area contributed by atoms with Crippen LogP contribution in [-0.2, 0) is 9.59 Å². The third-order valence-corrected chi connectivity index (χ3v) is 5.78. The van der Waals surface area contributed by atoms with Crippen molar-refractivity contribution in [3.8, 4) is 5.75 Å². The Balaban J connectivity index is 1.90. The first-order valence-electron chi connectivity index (χ1n) is 9.45. The van der Waals surface area contributed by atoms with E-state index >= 15 is 0 Å². The summed E-state index contributed by atoms with van der Waals surface area (Å²) in [6, 6.07) is 11.9. The average Bonchev–Trinajstić information content (AvgIpc) is 3.37. The average molecular weight is 441 g/mol. The van der Waals surface area contributed by atoms with Crippen molar-refractivity contribution in [1.29, 1.82) is 0 Å². The lowest BCUT2D eigenvalue weighted by atomic mass is 9.99. The van der Waals surface area contributed by atoms with Crippen LogP contribution in [-0.4, -0.2) is 23.4 Å². The zero-order chi connectivity index (χ0) is 22.1. The van der Waals surface area contributed by atoms with Crippen LogP contribution in [0.1, 0.15) is 23.4 Å². The molecule has 1 atom stereocenters. The fraction of sp³-hybridized carbons (Fsp3) is 0.130. The Morgan fingerprint density at radius 3 is 2.58 bits per heavy atom. The van der Waals surface area contributed by atoms with E-state index in [4.69, 9.17) is 4.74 Å². The highest BCUT2D eigenvalue weighted by atomic mass is 32.1. The molecule has 5 nitrogen and oxygen atoms in total. The van der Waals surface area contributed by atoms with Crippen molar-refractivity contribution in [2.24, 2.45) is 0 Å². The molecule has 0 aliphatic carbocycles. The largest absolute Gasteiger partial charge is 0.507 e. The number of ketones is 1. The van der Waals surface area contributed by atoms with E-state index in [1.807, 2.05) is 6.92 Å². The van der Waals surface area contributed by atoms with Crippen molar-refractivity contribution in [2.45, 2.75) is 13.0 Å². The maximum atomic E-state index is 13.9. The smallest absolute Gasteiger partial charge is 0.300 e. The molecule has 31 heavy (non-hydrogen) atoms. The number of hydrogen-bond acceptors (Lipinski definition) is 5. The number of anilines is 1. The lowest BCUT2D eigenvalue weighted by molar-refractivity contribution is -0.132. The third kappa shape index (κ3) is 3.70. The second kappa shape index (κ2) is 8.31. The van der Waals surface area contributed by atoms with Crippen molar-refractivity contribution < 1.29 is 28.2 Å². The Labute approximate surface area is 180 Å². The highest BCUT2D eigenvalue weighted by Gasteiger charge is 2.47. The fourth-order valence-corrected chi connectivity index (χ4v) is 4.33. The molecule has 4 rings (SSSR count). The van der Waals surface area contributed by atoms with E-state index in [9.17, 15) is 23.5 Å². The Kier molecular flexibility index (Phi) is 5.56. The molecule has 1 saturated heterocycles. The van der Waals surface area contributed by atoms with Gasteiger partial charge in [-0.1, -0.05) is 18.2 Å². The van der Waals surface area contributed by atoms with Gasteiger partial charge in [0.2, 0.25) is 0 Å². The van der Waals surface area contributed by atoms with Gasteiger partial charge in [-0.25, -0.2) is 8.78 Å². The van der Waals surface area contributed by atoms with E-state index in [0.717, 1.165) is 17.0 Å². The Morgan fingerprint density at radius 1 is 1.10 bits per heavy atom. The zero-order valence-electron chi connectivity index (χ0n) is 16.3. The number of benzene rings is 2. The van der Waals surface area contributed by atoms with E-state index in [1.165, 1.54) is 17.4 Å². The Hall–Kier alpha value is -3.52. The lowest BCUT2D eigenvalue weighted by Gasteiger charge is -2.24. The number of carbonyl (C=O) groups excluding carboxylic acids is 2. The minimum absolute atomic E-state index is 0.0153. The van der Waals surface area contributed by atoms with Crippen LogP contribution in [0.3, 0.4) is 0 Å². The minimum atomic E-state index is -1.14. The highest BCUT2D eigenvalue weighted by molar-refractivity contribution is 7.10. The molecule has 1 unspecified atom stereocenters. The van der Waals surface area contributed by atoms with Gasteiger partial charge in [0.05, 0.1) is 12.2 Å². The molecule has 0 bridgehead atoms. The molecule has 1 fully saturated rings. The summed E-state index contributed by atoms with van der Waals surface area (Å²) in [5, 5.41) is 12.8. The van der Waals surface area contributed by atoms with E-state index in [0.29, 0.717) is 22.8 Å². The van der Waals surface area contributed by atoms with Crippen LogP contribution in [0.15, 0.2) is 65.6 Å². The molecule has 2 aromatic carbocycles. The first-order chi connectivity index (χ1) is 14.9. The number of hydrogen-bond donors (Lipinski definition) is 1. The maximum absolute atomic E-state index is 13.9. The van der Waals surface area contributed by atoms with Gasteiger partial charge in [0, 0.05) is 22.2 Å². The first-order valence-corrected chi connectivity index (χ1v) is 10.3. The summed E-state index contributed by atoms with van der Waals surface area (Å²) in [6.07, 6.45) is 0. The zero-order valence-corrected chi connectivity index (χ0v) is 17.2. The maximum Gasteiger partial charge on any atom is 0.300 e. The summed E-state index contributed by atoms with van der Waals surface area (Å²) in [5.74, 6) is -3.94. The minimum Gasteiger partial charge on any atom is -0.507 e. The second-order valence-corrected chi connectivity index (χ2v) is 7.72. The molecule has 158 valence electrons. The lowest BCUT2D eigenvalue weighted by Crippen LogP contribution is -2.29. The van der Waals surface area contributed by atoms with Crippen LogP contribution in [0.2, 0.25) is 0 Å². The van der Waals surface area contributed by atoms with Crippen molar-refractivity contribution >= 4 is 34.5 Å². The third-order valence-electron chi connectivity index (χ3n) is 4.86. The summed E-state index contributed by atoms with van der Waals surface area (Å²) in [7, 11) is 0. The molecule has 8 heteroatoms. The molecule has 1 amide bonds. The summed E-state index contributed by atoms with van der Waals surface area (Å²) in [4.78, 5) is 27.6. The van der Waals surface area contributed by atoms with Gasteiger partial charge in [-0.3, -0.25) is 14.5 Å². The molecule has 2 heterocycles. The van der Waals surface area contributed by atoms with E-state index < -0.39 is 29.4 Å². The number of aliphatic hydroxyl groups excluding tert-OH is 1. The van der Waals surface area contributed by atoms with Gasteiger partial charge in [0.25, 0.3) is 11.7 Å². The topological polar surface area (TPSA) is 66.8 Å². The molecule has 1 aromatic heterocycles. The first kappa shape index (κ1) is 20.7. The Morgan fingerprint density at radius 2 is 1.90 bits per heavy atom. The normalized spacial score (nSPS) is 17.9. The van der Waals surface area contributed by atoms with Crippen LogP contribution in [0.5, 0.6) is 5.75 Å². The quantitative estimate of drug-likeness (QED) is 0.342. The molecule has 0 spiro atoms. The molecule has 1 N–H and O–H groups in total. The van der Waals surface area contributed by atoms with Crippen LogP contribution in [0.4, 0.5) is 14.5 Å². The predicted molar refractivity (Wildman–Crippen MR) is 113 cm³/mol. The number of halogens is 2. The van der Waals surface area contributed by atoms with Gasteiger partial charge >= 0.3 is 0 Å². The van der Waals surface area contributed by atoms with Crippen LogP contribution < -0.4 is 9.64 Å². The van der Waals surface area contributed by atoms with Gasteiger partial charge < -0.3 is 9.84 Å². The number of thiophene rings is 1. The van der Waals surface area contributed by atoms with Gasteiger partial charge in [-0.15, -0.1) is 11.3 Å². The number of aliphatic hydroxyl groups is 1. The number of carbonyl (C=O) groups is 2. The molecule has 0 saturated carbocycles. The number of rotatable bonds is 5. The Bertz CT molecular complexity index is 1190. The second-order valence-electron chi connectivity index (χ2n) is 6.74. The van der Waals surface area contributed by atoms with E-state index in [-0.39, 0.29) is 17.0 Å². The number of amides is 1. The van der Waals surface area contributed by atoms with Crippen molar-refractivity contribution in [3.63, 3.8) is 0 Å². The van der Waals surface area contributed by atoms with Gasteiger partial charge in [0.1, 0.15) is 17.6 Å². The van der Waals surface area contributed by atoms with Crippen molar-refractivity contribution in [2.75, 3.05) is 11.5 Å². The van der Waals surface area contributed by atoms with Crippen LogP contribution >= 0.6 is 11.3 Å². The summed E-state index contributed by atoms with van der Waals surface area (Å²) in [5.41, 5.74) is 0.183. The standard InChI is InChI=1S/C23H17F2NO4S/c1-2-30-15-6-3-5-13(11-15)21(27)19-20(18-7-4-10-31-18)26(23(29)22(19)28)14-8-9-16(24)17(25)12-14/h3-12,20,27H,2H2,1H3/b21-19-. The number of ether oxygens (including phenoxy) is 1. The van der Waals surface area contributed by atoms with Crippen molar-refractivity contribution in [1.82, 2.24) is 0 Å². The number of nitrogens with zero attached hydrogens (tertiary/aromatic N) is 1. The van der Waals surface area contributed by atoms with Gasteiger partial charge in [-0.2, -0.15) is 0 Å². The summed E-state index contributed by atoms with van der Waals surface area (Å²) in [6.45, 7) is 2.23. The van der Waals surface area contributed by atoms with E-state index in [2.05, 4.69) is 0 Å². The summed E-state index contributed by atoms with van der Waals surface area (Å²) < 4.78 is 32.8. The highest BCUT2D eigenvalue weighted by Crippen LogP contribution is 2.43. The van der Waals surface area contributed by atoms with Crippen molar-refractivity contribution in [3.05, 3.63) is 87.6 Å². The monoisotopic (exact) mass is 441 g/mol. The number of Topliss-reactive ketones (excluding diaryl/α,β-unsaturated/α-hetero) is 1. The molecular formula is C23H17F2NO4S. The van der Waals surface area contributed by atoms with E-state index in [1.54, 1.807) is 41.8 Å². The fourth-order valence-electron chi connectivity index (χ4n) is 3.51. The predicted octanol–water partition coefficient (Wildman–Crippen LogP) is 5.05. The van der Waals surface area contributed by atoms with Gasteiger partial charge in [0.15, 0.2) is 11.6 Å². The molecule has 1 aliphatic rings. The molecule has 3 aromatic rings.